The molecule has 24 heavy (non-hydrogen) atoms. The van der Waals surface area contributed by atoms with Crippen molar-refractivity contribution < 1.29 is 14.0 Å². The molecule has 1 aromatic heterocycles. The maximum atomic E-state index is 5.86. The predicted octanol–water partition coefficient (Wildman–Crippen LogP) is 4.02. The Labute approximate surface area is 144 Å². The van der Waals surface area contributed by atoms with Gasteiger partial charge in [0.05, 0.1) is 26.3 Å². The van der Waals surface area contributed by atoms with Gasteiger partial charge in [-0.05, 0) is 36.4 Å². The van der Waals surface area contributed by atoms with Crippen LogP contribution in [0.1, 0.15) is 5.89 Å². The van der Waals surface area contributed by atoms with Gasteiger partial charge in [0.25, 0.3) is 0 Å². The number of hydrogen-bond acceptors (Lipinski definition) is 6. The highest BCUT2D eigenvalue weighted by molar-refractivity contribution is 6.30. The lowest BCUT2D eigenvalue weighted by molar-refractivity contribution is 0.382. The Hall–Kier alpha value is -2.73. The van der Waals surface area contributed by atoms with Crippen LogP contribution in [0.5, 0.6) is 11.5 Å². The van der Waals surface area contributed by atoms with Crippen LogP contribution < -0.4 is 14.8 Å². The second-order valence-electron chi connectivity index (χ2n) is 4.94. The molecular formula is C17H16ClN3O3. The molecule has 0 aliphatic rings. The van der Waals surface area contributed by atoms with E-state index in [4.69, 9.17) is 25.6 Å². The summed E-state index contributed by atoms with van der Waals surface area (Å²) < 4.78 is 15.8. The third-order valence-electron chi connectivity index (χ3n) is 3.41. The quantitative estimate of drug-likeness (QED) is 0.727. The van der Waals surface area contributed by atoms with E-state index in [1.54, 1.807) is 20.3 Å². The lowest BCUT2D eigenvalue weighted by Crippen LogP contribution is -1.99. The largest absolute Gasteiger partial charge is 0.497 e. The average molecular weight is 346 g/mol. The molecule has 0 atom stereocenters. The van der Waals surface area contributed by atoms with E-state index in [2.05, 4.69) is 15.5 Å². The van der Waals surface area contributed by atoms with Crippen LogP contribution in [0.3, 0.4) is 0 Å². The summed E-state index contributed by atoms with van der Waals surface area (Å²) in [5.41, 5.74) is 1.65. The van der Waals surface area contributed by atoms with Crippen molar-refractivity contribution in [2.45, 2.75) is 6.54 Å². The number of hydrogen-bond donors (Lipinski definition) is 1. The minimum absolute atomic E-state index is 0.410. The van der Waals surface area contributed by atoms with Crippen molar-refractivity contribution in [2.75, 3.05) is 19.5 Å². The normalized spacial score (nSPS) is 10.5. The van der Waals surface area contributed by atoms with E-state index in [0.29, 0.717) is 34.8 Å². The van der Waals surface area contributed by atoms with E-state index in [1.165, 1.54) is 0 Å². The van der Waals surface area contributed by atoms with Crippen LogP contribution in [-0.2, 0) is 6.54 Å². The molecule has 3 aromatic rings. The molecule has 3 rings (SSSR count). The summed E-state index contributed by atoms with van der Waals surface area (Å²) in [6.07, 6.45) is 0. The number of methoxy groups -OCH3 is 2. The van der Waals surface area contributed by atoms with Crippen LogP contribution >= 0.6 is 11.6 Å². The van der Waals surface area contributed by atoms with Crippen LogP contribution in [0.2, 0.25) is 5.02 Å². The fraction of sp³-hybridized carbons (Fsp3) is 0.176. The highest BCUT2D eigenvalue weighted by Gasteiger charge is 2.14. The maximum absolute atomic E-state index is 5.86. The second kappa shape index (κ2) is 7.23. The van der Waals surface area contributed by atoms with Crippen molar-refractivity contribution in [3.63, 3.8) is 0 Å². The fourth-order valence-electron chi connectivity index (χ4n) is 2.16. The van der Waals surface area contributed by atoms with Gasteiger partial charge in [-0.1, -0.05) is 16.8 Å². The zero-order valence-electron chi connectivity index (χ0n) is 13.2. The molecule has 6 nitrogen and oxygen atoms in total. The van der Waals surface area contributed by atoms with Gasteiger partial charge in [-0.15, -0.1) is 0 Å². The minimum atomic E-state index is 0.410. The molecule has 0 aliphatic carbocycles. The molecule has 0 spiro atoms. The Kier molecular flexibility index (Phi) is 4.86. The molecule has 1 heterocycles. The Morgan fingerprint density at radius 1 is 1.08 bits per heavy atom. The second-order valence-corrected chi connectivity index (χ2v) is 5.37. The number of anilines is 1. The van der Waals surface area contributed by atoms with Gasteiger partial charge in [0.2, 0.25) is 11.7 Å². The monoisotopic (exact) mass is 345 g/mol. The van der Waals surface area contributed by atoms with Crippen LogP contribution in [0.15, 0.2) is 47.0 Å². The van der Waals surface area contributed by atoms with Gasteiger partial charge in [0.1, 0.15) is 11.5 Å². The summed E-state index contributed by atoms with van der Waals surface area (Å²) in [5.74, 6) is 2.25. The topological polar surface area (TPSA) is 69.4 Å². The number of nitrogens with zero attached hydrogens (tertiary/aromatic N) is 2. The number of benzene rings is 2. The Balaban J connectivity index is 1.74. The first-order valence-electron chi connectivity index (χ1n) is 7.24. The zero-order valence-corrected chi connectivity index (χ0v) is 14.0. The van der Waals surface area contributed by atoms with E-state index in [-0.39, 0.29) is 0 Å². The van der Waals surface area contributed by atoms with Gasteiger partial charge in [-0.2, -0.15) is 4.98 Å². The number of aromatic nitrogens is 2. The van der Waals surface area contributed by atoms with Gasteiger partial charge in [0.15, 0.2) is 0 Å². The lowest BCUT2D eigenvalue weighted by atomic mass is 10.2. The maximum Gasteiger partial charge on any atom is 0.246 e. The van der Waals surface area contributed by atoms with E-state index < -0.39 is 0 Å². The smallest absolute Gasteiger partial charge is 0.246 e. The standard InChI is InChI=1S/C17H16ClN3O3/c1-22-13-7-8-14(15(9-13)23-2)17-20-16(24-21-17)10-19-12-5-3-11(18)4-6-12/h3-9,19H,10H2,1-2H3. The Bertz CT molecular complexity index is 818. The van der Waals surface area contributed by atoms with Crippen molar-refractivity contribution in [2.24, 2.45) is 0 Å². The molecule has 0 saturated heterocycles. The number of halogens is 1. The van der Waals surface area contributed by atoms with Crippen LogP contribution in [0.25, 0.3) is 11.4 Å². The Morgan fingerprint density at radius 3 is 2.58 bits per heavy atom. The number of ether oxygens (including phenoxy) is 2. The van der Waals surface area contributed by atoms with Crippen LogP contribution in [0, 0.1) is 0 Å². The summed E-state index contributed by atoms with van der Waals surface area (Å²) in [5, 5.41) is 7.89. The van der Waals surface area contributed by atoms with E-state index in [9.17, 15) is 0 Å². The van der Waals surface area contributed by atoms with Crippen molar-refractivity contribution in [1.82, 2.24) is 10.1 Å². The highest BCUT2D eigenvalue weighted by Crippen LogP contribution is 2.31. The molecule has 0 amide bonds. The third-order valence-corrected chi connectivity index (χ3v) is 3.66. The minimum Gasteiger partial charge on any atom is -0.497 e. The SMILES string of the molecule is COc1ccc(-c2noc(CNc3ccc(Cl)cc3)n2)c(OC)c1. The summed E-state index contributed by atoms with van der Waals surface area (Å²) in [4.78, 5) is 4.39. The van der Waals surface area contributed by atoms with E-state index in [1.807, 2.05) is 36.4 Å². The summed E-state index contributed by atoms with van der Waals surface area (Å²) in [6.45, 7) is 0.410. The van der Waals surface area contributed by atoms with Crippen molar-refractivity contribution >= 4 is 17.3 Å². The van der Waals surface area contributed by atoms with Crippen LogP contribution in [-0.4, -0.2) is 24.4 Å². The predicted molar refractivity (Wildman–Crippen MR) is 91.6 cm³/mol. The third kappa shape index (κ3) is 3.60. The molecule has 2 aromatic carbocycles. The van der Waals surface area contributed by atoms with Gasteiger partial charge >= 0.3 is 0 Å². The Morgan fingerprint density at radius 2 is 1.88 bits per heavy atom. The van der Waals surface area contributed by atoms with E-state index >= 15 is 0 Å². The summed E-state index contributed by atoms with van der Waals surface area (Å²) in [7, 11) is 3.19. The number of rotatable bonds is 6. The first-order valence-corrected chi connectivity index (χ1v) is 7.62. The highest BCUT2D eigenvalue weighted by atomic mass is 35.5. The summed E-state index contributed by atoms with van der Waals surface area (Å²) in [6, 6.07) is 12.8. The average Bonchev–Trinajstić information content (AvgIpc) is 3.09. The van der Waals surface area contributed by atoms with Crippen molar-refractivity contribution in [3.05, 3.63) is 53.4 Å². The molecular weight excluding hydrogens is 330 g/mol. The molecule has 0 unspecified atom stereocenters. The first kappa shape index (κ1) is 16.1. The van der Waals surface area contributed by atoms with Crippen LogP contribution in [0.4, 0.5) is 5.69 Å². The molecule has 124 valence electrons. The molecule has 0 aliphatic heterocycles. The molecule has 0 saturated carbocycles. The van der Waals surface area contributed by atoms with Gasteiger partial charge in [0, 0.05) is 16.8 Å². The zero-order chi connectivity index (χ0) is 16.9. The molecule has 0 bridgehead atoms. The van der Waals surface area contributed by atoms with Gasteiger partial charge in [-0.3, -0.25) is 0 Å². The van der Waals surface area contributed by atoms with E-state index in [0.717, 1.165) is 11.3 Å². The molecule has 1 N–H and O–H groups in total. The molecule has 7 heteroatoms. The van der Waals surface area contributed by atoms with Crippen molar-refractivity contribution in [1.29, 1.82) is 0 Å². The first-order chi connectivity index (χ1) is 11.7. The molecule has 0 radical (unpaired) electrons. The number of nitrogens with one attached hydrogen (secondary N) is 1. The summed E-state index contributed by atoms with van der Waals surface area (Å²) >= 11 is 5.86. The van der Waals surface area contributed by atoms with Crippen molar-refractivity contribution in [3.8, 4) is 22.9 Å². The van der Waals surface area contributed by atoms with Gasteiger partial charge in [-0.25, -0.2) is 0 Å². The van der Waals surface area contributed by atoms with Gasteiger partial charge < -0.3 is 19.3 Å². The lowest BCUT2D eigenvalue weighted by Gasteiger charge is -2.07. The molecule has 0 fully saturated rings. The fourth-order valence-corrected chi connectivity index (χ4v) is 2.29.